The van der Waals surface area contributed by atoms with Crippen LogP contribution < -0.4 is 5.32 Å². The quantitative estimate of drug-likeness (QED) is 0.607. The van der Waals surface area contributed by atoms with Crippen molar-refractivity contribution in [3.63, 3.8) is 0 Å². The third kappa shape index (κ3) is 3.97. The second-order valence-electron chi connectivity index (χ2n) is 8.67. The molecule has 2 aliphatic rings. The van der Waals surface area contributed by atoms with E-state index in [1.807, 2.05) is 24.3 Å². The summed E-state index contributed by atoms with van der Waals surface area (Å²) < 4.78 is 39.2. The summed E-state index contributed by atoms with van der Waals surface area (Å²) >= 11 is 0. The van der Waals surface area contributed by atoms with Gasteiger partial charge in [-0.3, -0.25) is 14.7 Å². The summed E-state index contributed by atoms with van der Waals surface area (Å²) in [5, 5.41) is 4.21. The third-order valence-corrected chi connectivity index (χ3v) is 6.71. The molecule has 0 spiro atoms. The molecule has 2 saturated heterocycles. The molecule has 0 unspecified atom stereocenters. The van der Waals surface area contributed by atoms with Crippen molar-refractivity contribution in [1.82, 2.24) is 15.2 Å². The molecule has 1 amide bonds. The van der Waals surface area contributed by atoms with Gasteiger partial charge in [-0.2, -0.15) is 13.2 Å². The molecule has 1 N–H and O–H groups in total. The van der Waals surface area contributed by atoms with Crippen molar-refractivity contribution in [3.05, 3.63) is 77.5 Å². The number of halogens is 3. The molecule has 0 aliphatic carbocycles. The van der Waals surface area contributed by atoms with Crippen LogP contribution in [0.15, 0.2) is 60.8 Å². The maximum absolute atomic E-state index is 13.1. The average Bonchev–Trinajstić information content (AvgIpc) is 2.98. The number of aromatic nitrogens is 1. The van der Waals surface area contributed by atoms with E-state index in [2.05, 4.69) is 21.3 Å². The molecule has 5 rings (SSSR count). The molecule has 2 aliphatic heterocycles. The number of pyridine rings is 1. The van der Waals surface area contributed by atoms with E-state index in [-0.39, 0.29) is 24.0 Å². The van der Waals surface area contributed by atoms with Crippen molar-refractivity contribution in [3.8, 4) is 0 Å². The Labute approximate surface area is 184 Å². The number of nitrogens with one attached hydrogen (secondary N) is 1. The SMILES string of the molecule is O=C1CCC[C@@H]2[C@H](C[C@H](c3ccc(C(F)(F)F)cc3)N2Cc2cccc3cccnc23)N1. The predicted molar refractivity (Wildman–Crippen MR) is 116 cm³/mol. The first-order valence-corrected chi connectivity index (χ1v) is 10.9. The summed E-state index contributed by atoms with van der Waals surface area (Å²) in [5.41, 5.74) is 2.21. The molecular formula is C25H24F3N3O. The highest BCUT2D eigenvalue weighted by Gasteiger charge is 2.43. The van der Waals surface area contributed by atoms with Crippen molar-refractivity contribution < 1.29 is 18.0 Å². The second kappa shape index (κ2) is 8.20. The van der Waals surface area contributed by atoms with Gasteiger partial charge in [0, 0.05) is 42.7 Å². The summed E-state index contributed by atoms with van der Waals surface area (Å²) in [6, 6.07) is 15.5. The van der Waals surface area contributed by atoms with Crippen LogP contribution in [-0.4, -0.2) is 27.9 Å². The fraction of sp³-hybridized carbons (Fsp3) is 0.360. The van der Waals surface area contributed by atoms with Gasteiger partial charge < -0.3 is 5.32 Å². The number of nitrogens with zero attached hydrogens (tertiary/aromatic N) is 2. The van der Waals surface area contributed by atoms with Crippen LogP contribution >= 0.6 is 0 Å². The minimum absolute atomic E-state index is 0.0137. The topological polar surface area (TPSA) is 45.2 Å². The first kappa shape index (κ1) is 20.9. The predicted octanol–water partition coefficient (Wildman–Crippen LogP) is 5.24. The molecule has 3 heterocycles. The molecule has 2 fully saturated rings. The zero-order valence-electron chi connectivity index (χ0n) is 17.5. The Morgan fingerprint density at radius 2 is 1.84 bits per heavy atom. The molecule has 166 valence electrons. The number of rotatable bonds is 3. The monoisotopic (exact) mass is 439 g/mol. The summed E-state index contributed by atoms with van der Waals surface area (Å²) in [6.45, 7) is 0.622. The Kier molecular flexibility index (Phi) is 5.37. The Hall–Kier alpha value is -2.93. The molecule has 3 aromatic rings. The number of benzene rings is 2. The van der Waals surface area contributed by atoms with Crippen LogP contribution in [0, 0.1) is 0 Å². The second-order valence-corrected chi connectivity index (χ2v) is 8.67. The van der Waals surface area contributed by atoms with E-state index in [9.17, 15) is 18.0 Å². The number of para-hydroxylation sites is 1. The van der Waals surface area contributed by atoms with E-state index >= 15 is 0 Å². The number of fused-ring (bicyclic) bond motifs is 2. The van der Waals surface area contributed by atoms with Crippen LogP contribution in [0.1, 0.15) is 48.4 Å². The van der Waals surface area contributed by atoms with Crippen LogP contribution in [0.2, 0.25) is 0 Å². The van der Waals surface area contributed by atoms with E-state index < -0.39 is 11.7 Å². The smallest absolute Gasteiger partial charge is 0.352 e. The first-order chi connectivity index (χ1) is 15.4. The Morgan fingerprint density at radius 3 is 2.62 bits per heavy atom. The molecule has 7 heteroatoms. The molecular weight excluding hydrogens is 415 g/mol. The molecule has 32 heavy (non-hydrogen) atoms. The highest BCUT2D eigenvalue weighted by atomic mass is 19.4. The largest absolute Gasteiger partial charge is 0.416 e. The normalized spacial score (nSPS) is 24.2. The average molecular weight is 439 g/mol. The maximum atomic E-state index is 13.1. The molecule has 1 aromatic heterocycles. The van der Waals surface area contributed by atoms with Gasteiger partial charge in [-0.25, -0.2) is 0 Å². The van der Waals surface area contributed by atoms with Crippen LogP contribution in [-0.2, 0) is 17.5 Å². The van der Waals surface area contributed by atoms with Crippen LogP contribution in [0.3, 0.4) is 0 Å². The molecule has 0 bridgehead atoms. The lowest BCUT2D eigenvalue weighted by molar-refractivity contribution is -0.137. The lowest BCUT2D eigenvalue weighted by Crippen LogP contribution is -2.42. The summed E-state index contributed by atoms with van der Waals surface area (Å²) in [5.74, 6) is 0.0531. The summed E-state index contributed by atoms with van der Waals surface area (Å²) in [4.78, 5) is 19.1. The van der Waals surface area contributed by atoms with Crippen molar-refractivity contribution in [2.75, 3.05) is 0 Å². The van der Waals surface area contributed by atoms with E-state index in [1.165, 1.54) is 0 Å². The Bertz CT molecular complexity index is 1120. The molecule has 3 atom stereocenters. The van der Waals surface area contributed by atoms with Gasteiger partial charge in [-0.1, -0.05) is 36.4 Å². The third-order valence-electron chi connectivity index (χ3n) is 6.71. The fourth-order valence-corrected chi connectivity index (χ4v) is 5.21. The van der Waals surface area contributed by atoms with E-state index in [0.29, 0.717) is 19.4 Å². The fourth-order valence-electron chi connectivity index (χ4n) is 5.21. The van der Waals surface area contributed by atoms with Gasteiger partial charge in [0.1, 0.15) is 0 Å². The van der Waals surface area contributed by atoms with Gasteiger partial charge in [0.25, 0.3) is 0 Å². The lowest BCUT2D eigenvalue weighted by Gasteiger charge is -2.31. The number of amides is 1. The van der Waals surface area contributed by atoms with Crippen molar-refractivity contribution in [1.29, 1.82) is 0 Å². The van der Waals surface area contributed by atoms with Crippen molar-refractivity contribution in [2.45, 2.75) is 56.5 Å². The standard InChI is InChI=1S/C25H24F3N3O/c26-25(27,28)19-11-9-16(10-12-19)22-14-20-21(7-2-8-23(32)30-20)31(22)15-18-5-1-4-17-6-3-13-29-24(17)18/h1,3-6,9-13,20-22H,2,7-8,14-15H2,(H,30,32)/t20-,21+,22+/m0/s1. The highest BCUT2D eigenvalue weighted by Crippen LogP contribution is 2.41. The minimum Gasteiger partial charge on any atom is -0.352 e. The maximum Gasteiger partial charge on any atom is 0.416 e. The van der Waals surface area contributed by atoms with Gasteiger partial charge in [0.2, 0.25) is 5.91 Å². The number of carbonyl (C=O) groups excluding carboxylic acids is 1. The number of carbonyl (C=O) groups is 1. The van der Waals surface area contributed by atoms with Crippen molar-refractivity contribution >= 4 is 16.8 Å². The number of hydrogen-bond donors (Lipinski definition) is 1. The van der Waals surface area contributed by atoms with Gasteiger partial charge in [-0.15, -0.1) is 0 Å². The minimum atomic E-state index is -4.36. The zero-order chi connectivity index (χ0) is 22.3. The van der Waals surface area contributed by atoms with Crippen LogP contribution in [0.25, 0.3) is 10.9 Å². The summed E-state index contributed by atoms with van der Waals surface area (Å²) in [6.07, 6.45) is 0.289. The van der Waals surface area contributed by atoms with Gasteiger partial charge in [0.05, 0.1) is 11.1 Å². The van der Waals surface area contributed by atoms with Crippen molar-refractivity contribution in [2.24, 2.45) is 0 Å². The Balaban J connectivity index is 1.51. The van der Waals surface area contributed by atoms with E-state index in [4.69, 9.17) is 0 Å². The van der Waals surface area contributed by atoms with E-state index in [1.54, 1.807) is 18.3 Å². The van der Waals surface area contributed by atoms with E-state index in [0.717, 1.165) is 47.0 Å². The number of likely N-dealkylation sites (tertiary alicyclic amines) is 1. The lowest BCUT2D eigenvalue weighted by atomic mass is 10.0. The van der Waals surface area contributed by atoms with Crippen LogP contribution in [0.4, 0.5) is 13.2 Å². The van der Waals surface area contributed by atoms with Crippen LogP contribution in [0.5, 0.6) is 0 Å². The molecule has 2 aromatic carbocycles. The molecule has 0 saturated carbocycles. The molecule has 0 radical (unpaired) electrons. The Morgan fingerprint density at radius 1 is 1.06 bits per heavy atom. The zero-order valence-corrected chi connectivity index (χ0v) is 17.5. The van der Waals surface area contributed by atoms with Gasteiger partial charge >= 0.3 is 6.18 Å². The highest BCUT2D eigenvalue weighted by molar-refractivity contribution is 5.81. The summed E-state index contributed by atoms with van der Waals surface area (Å²) in [7, 11) is 0. The first-order valence-electron chi connectivity index (χ1n) is 10.9. The van der Waals surface area contributed by atoms with Gasteiger partial charge in [-0.05, 0) is 48.6 Å². The number of alkyl halides is 3. The number of hydrogen-bond acceptors (Lipinski definition) is 3. The van der Waals surface area contributed by atoms with Gasteiger partial charge in [0.15, 0.2) is 0 Å². The molecule has 4 nitrogen and oxygen atoms in total.